The normalized spacial score (nSPS) is 11.7. The van der Waals surface area contributed by atoms with Crippen molar-refractivity contribution in [1.82, 2.24) is 15.1 Å². The number of carbonyl (C=O) groups excluding carboxylic acids is 1. The lowest BCUT2D eigenvalue weighted by atomic mass is 10.3. The molecule has 0 aliphatic carbocycles. The fraction of sp³-hybridized carbons (Fsp3) is 0.600. The Hall–Kier alpha value is -1.28. The van der Waals surface area contributed by atoms with E-state index in [2.05, 4.69) is 10.4 Å². The van der Waals surface area contributed by atoms with Crippen LogP contribution in [-0.2, 0) is 18.0 Å². The number of halogens is 4. The van der Waals surface area contributed by atoms with Crippen molar-refractivity contribution in [1.29, 1.82) is 0 Å². The molecule has 1 rings (SSSR count). The summed E-state index contributed by atoms with van der Waals surface area (Å²) in [5.41, 5.74) is -1.58. The van der Waals surface area contributed by atoms with E-state index >= 15 is 0 Å². The van der Waals surface area contributed by atoms with Gasteiger partial charge in [0.05, 0.1) is 0 Å². The highest BCUT2D eigenvalue weighted by molar-refractivity contribution is 6.34. The highest BCUT2D eigenvalue weighted by atomic mass is 35.5. The Morgan fingerprint density at radius 3 is 2.63 bits per heavy atom. The number of amides is 1. The van der Waals surface area contributed by atoms with E-state index in [-0.39, 0.29) is 6.54 Å². The molecular weight excluding hydrogens is 287 g/mol. The van der Waals surface area contributed by atoms with Gasteiger partial charge in [-0.3, -0.25) is 9.48 Å². The minimum atomic E-state index is -4.66. The van der Waals surface area contributed by atoms with E-state index in [4.69, 9.17) is 16.3 Å². The van der Waals surface area contributed by atoms with Crippen molar-refractivity contribution in [3.63, 3.8) is 0 Å². The number of rotatable bonds is 5. The lowest BCUT2D eigenvalue weighted by Gasteiger charge is -2.06. The van der Waals surface area contributed by atoms with Crippen molar-refractivity contribution in [2.75, 3.05) is 20.3 Å². The molecule has 0 unspecified atom stereocenters. The number of alkyl halides is 3. The van der Waals surface area contributed by atoms with Crippen LogP contribution in [0.15, 0.2) is 0 Å². The molecule has 1 aromatic rings. The van der Waals surface area contributed by atoms with Gasteiger partial charge in [0, 0.05) is 27.3 Å². The van der Waals surface area contributed by atoms with Crippen LogP contribution in [-0.4, -0.2) is 35.9 Å². The Morgan fingerprint density at radius 2 is 2.16 bits per heavy atom. The van der Waals surface area contributed by atoms with Crippen molar-refractivity contribution in [3.05, 3.63) is 16.4 Å². The summed E-state index contributed by atoms with van der Waals surface area (Å²) in [7, 11) is 2.59. The van der Waals surface area contributed by atoms with E-state index < -0.39 is 28.5 Å². The van der Waals surface area contributed by atoms with E-state index in [1.165, 1.54) is 7.11 Å². The summed E-state index contributed by atoms with van der Waals surface area (Å²) >= 11 is 5.56. The molecule has 0 bridgehead atoms. The molecule has 5 nitrogen and oxygen atoms in total. The maximum atomic E-state index is 12.6. The maximum absolute atomic E-state index is 12.6. The van der Waals surface area contributed by atoms with Gasteiger partial charge < -0.3 is 10.1 Å². The first-order valence-corrected chi connectivity index (χ1v) is 5.73. The van der Waals surface area contributed by atoms with Gasteiger partial charge in [0.15, 0.2) is 11.4 Å². The Bertz CT molecular complexity index is 460. The number of methoxy groups -OCH3 is 1. The van der Waals surface area contributed by atoms with Crippen LogP contribution in [0.2, 0.25) is 5.02 Å². The average molecular weight is 300 g/mol. The maximum Gasteiger partial charge on any atom is 0.434 e. The summed E-state index contributed by atoms with van der Waals surface area (Å²) in [4.78, 5) is 11.6. The molecule has 1 aromatic heterocycles. The molecule has 0 saturated heterocycles. The summed E-state index contributed by atoms with van der Waals surface area (Å²) in [5, 5.41) is 5.22. The van der Waals surface area contributed by atoms with E-state index in [0.29, 0.717) is 17.7 Å². The van der Waals surface area contributed by atoms with E-state index in [9.17, 15) is 18.0 Å². The molecule has 1 amide bonds. The van der Waals surface area contributed by atoms with Gasteiger partial charge in [-0.05, 0) is 6.42 Å². The monoisotopic (exact) mass is 299 g/mol. The van der Waals surface area contributed by atoms with Crippen molar-refractivity contribution in [3.8, 4) is 0 Å². The van der Waals surface area contributed by atoms with Crippen LogP contribution in [0.25, 0.3) is 0 Å². The van der Waals surface area contributed by atoms with E-state index in [0.717, 1.165) is 7.05 Å². The Kier molecular flexibility index (Phi) is 5.19. The number of nitrogens with one attached hydrogen (secondary N) is 1. The minimum absolute atomic E-state index is 0.265. The quantitative estimate of drug-likeness (QED) is 0.844. The van der Waals surface area contributed by atoms with Crippen LogP contribution in [0.1, 0.15) is 22.6 Å². The lowest BCUT2D eigenvalue weighted by Crippen LogP contribution is -2.26. The third-order valence-corrected chi connectivity index (χ3v) is 2.64. The van der Waals surface area contributed by atoms with Crippen molar-refractivity contribution >= 4 is 17.5 Å². The predicted molar refractivity (Wildman–Crippen MR) is 62.0 cm³/mol. The first-order valence-electron chi connectivity index (χ1n) is 5.35. The molecule has 0 atom stereocenters. The third kappa shape index (κ3) is 3.84. The van der Waals surface area contributed by atoms with Crippen molar-refractivity contribution in [2.45, 2.75) is 12.6 Å². The average Bonchev–Trinajstić information content (AvgIpc) is 2.59. The van der Waals surface area contributed by atoms with E-state index in [1.807, 2.05) is 0 Å². The number of hydrogen-bond acceptors (Lipinski definition) is 3. The molecule has 9 heteroatoms. The summed E-state index contributed by atoms with van der Waals surface area (Å²) in [5.74, 6) is -0.743. The molecule has 0 spiro atoms. The standard InChI is InChI=1S/C10H13ClF3N3O2/c1-17-8(10(12,13)14)6(11)7(16-17)9(18)15-4-3-5-19-2/h3-5H2,1-2H3,(H,15,18). The first kappa shape index (κ1) is 15.8. The predicted octanol–water partition coefficient (Wildman–Crippen LogP) is 1.86. The zero-order valence-corrected chi connectivity index (χ0v) is 11.1. The van der Waals surface area contributed by atoms with Crippen LogP contribution in [0.3, 0.4) is 0 Å². The highest BCUT2D eigenvalue weighted by Crippen LogP contribution is 2.35. The SMILES string of the molecule is COCCCNC(=O)c1nn(C)c(C(F)(F)F)c1Cl. The van der Waals surface area contributed by atoms with Gasteiger partial charge in [0.25, 0.3) is 5.91 Å². The Labute approximate surface area is 112 Å². The fourth-order valence-electron chi connectivity index (χ4n) is 1.45. The molecular formula is C10H13ClF3N3O2. The fourth-order valence-corrected chi connectivity index (χ4v) is 1.81. The van der Waals surface area contributed by atoms with Gasteiger partial charge in [-0.2, -0.15) is 18.3 Å². The molecule has 0 radical (unpaired) electrons. The molecule has 0 aromatic carbocycles. The van der Waals surface area contributed by atoms with Crippen LogP contribution in [0, 0.1) is 0 Å². The number of carbonyl (C=O) groups is 1. The van der Waals surface area contributed by atoms with Gasteiger partial charge in [0.1, 0.15) is 5.02 Å². The topological polar surface area (TPSA) is 56.1 Å². The zero-order valence-electron chi connectivity index (χ0n) is 10.3. The zero-order chi connectivity index (χ0) is 14.6. The molecule has 19 heavy (non-hydrogen) atoms. The summed E-state index contributed by atoms with van der Waals surface area (Å²) in [6.07, 6.45) is -4.12. The molecule has 0 fully saturated rings. The smallest absolute Gasteiger partial charge is 0.385 e. The Morgan fingerprint density at radius 1 is 1.53 bits per heavy atom. The van der Waals surface area contributed by atoms with Crippen LogP contribution in [0.4, 0.5) is 13.2 Å². The van der Waals surface area contributed by atoms with Gasteiger partial charge in [-0.25, -0.2) is 0 Å². The van der Waals surface area contributed by atoms with Crippen molar-refractivity contribution < 1.29 is 22.7 Å². The van der Waals surface area contributed by atoms with E-state index in [1.54, 1.807) is 0 Å². The number of aromatic nitrogens is 2. The highest BCUT2D eigenvalue weighted by Gasteiger charge is 2.39. The van der Waals surface area contributed by atoms with Crippen LogP contribution in [0.5, 0.6) is 0 Å². The van der Waals surface area contributed by atoms with Crippen molar-refractivity contribution in [2.24, 2.45) is 7.05 Å². The summed E-state index contributed by atoms with van der Waals surface area (Å²) < 4.78 is 43.3. The summed E-state index contributed by atoms with van der Waals surface area (Å²) in [6.45, 7) is 0.699. The second kappa shape index (κ2) is 6.25. The molecule has 0 saturated carbocycles. The number of hydrogen-bond donors (Lipinski definition) is 1. The van der Waals surface area contributed by atoms with Gasteiger partial charge in [-0.1, -0.05) is 11.6 Å². The van der Waals surface area contributed by atoms with Gasteiger partial charge in [0.2, 0.25) is 0 Å². The second-order valence-corrected chi connectivity index (χ2v) is 4.11. The second-order valence-electron chi connectivity index (χ2n) is 3.73. The first-order chi connectivity index (χ1) is 8.79. The minimum Gasteiger partial charge on any atom is -0.385 e. The molecule has 108 valence electrons. The molecule has 1 heterocycles. The molecule has 0 aliphatic heterocycles. The van der Waals surface area contributed by atoms with Crippen LogP contribution >= 0.6 is 11.6 Å². The lowest BCUT2D eigenvalue weighted by molar-refractivity contribution is -0.143. The molecule has 0 aliphatic rings. The number of aryl methyl sites for hydroxylation is 1. The number of nitrogens with zero attached hydrogens (tertiary/aromatic N) is 2. The van der Waals surface area contributed by atoms with Gasteiger partial charge in [-0.15, -0.1) is 0 Å². The third-order valence-electron chi connectivity index (χ3n) is 2.28. The number of ether oxygens (including phenoxy) is 1. The molecule has 1 N–H and O–H groups in total. The summed E-state index contributed by atoms with van der Waals surface area (Å²) in [6, 6.07) is 0. The van der Waals surface area contributed by atoms with Gasteiger partial charge >= 0.3 is 6.18 Å². The van der Waals surface area contributed by atoms with Crippen LogP contribution < -0.4 is 5.32 Å². The Balaban J connectivity index is 2.82. The largest absolute Gasteiger partial charge is 0.434 e.